The second kappa shape index (κ2) is 11.4. The molecule has 0 spiro atoms. The lowest BCUT2D eigenvalue weighted by Gasteiger charge is -2.37. The molecule has 1 aromatic heterocycles. The molecule has 3 rings (SSSR count). The molecule has 0 saturated heterocycles. The molecule has 1 aromatic carbocycles. The molecule has 1 heterocycles. The number of allylic oxidation sites excluding steroid dienone is 4. The fraction of sp³-hybridized carbons (Fsp3) is 0.480. The summed E-state index contributed by atoms with van der Waals surface area (Å²) < 4.78 is 13.3. The van der Waals surface area contributed by atoms with Gasteiger partial charge >= 0.3 is 0 Å². The zero-order valence-corrected chi connectivity index (χ0v) is 21.8. The standard InChI is InChI=1S/C25H31Cl3N2O4/c1-24(2,18-5-7-23(25(3,28)11-18)34-14-19(31)12-26)17-4-6-22(21(27)10-17)33-15-20(32)13-30-9-8-29-16-30/h4-10,16,19-20,31-32H,11-15H2,1-3H3/t19-,20+,25?/m0/s1. The van der Waals surface area contributed by atoms with Gasteiger partial charge in [0.15, 0.2) is 0 Å². The van der Waals surface area contributed by atoms with Crippen molar-refractivity contribution in [3.05, 3.63) is 71.0 Å². The van der Waals surface area contributed by atoms with Gasteiger partial charge in [-0.1, -0.05) is 43.2 Å². The van der Waals surface area contributed by atoms with Crippen LogP contribution in [0.15, 0.2) is 60.4 Å². The molecule has 2 N–H and O–H groups in total. The number of aliphatic hydroxyl groups excluding tert-OH is 2. The van der Waals surface area contributed by atoms with Gasteiger partial charge in [0, 0.05) is 17.8 Å². The lowest BCUT2D eigenvalue weighted by molar-refractivity contribution is 0.0765. The lowest BCUT2D eigenvalue weighted by atomic mass is 9.72. The molecule has 6 nitrogen and oxygen atoms in total. The van der Waals surface area contributed by atoms with E-state index < -0.39 is 17.1 Å². The SMILES string of the molecule is CC1(Cl)CC(C(C)(C)c2ccc(OC[C@H](O)Cn3ccnc3)c(Cl)c2)=CC=C1OC[C@@H](O)CCl. The summed E-state index contributed by atoms with van der Waals surface area (Å²) in [5, 5.41) is 20.4. The summed E-state index contributed by atoms with van der Waals surface area (Å²) in [6.45, 7) is 6.72. The number of nitrogens with zero attached hydrogens (tertiary/aromatic N) is 2. The number of aliphatic hydroxyl groups is 2. The van der Waals surface area contributed by atoms with E-state index in [2.05, 4.69) is 18.8 Å². The van der Waals surface area contributed by atoms with Crippen molar-refractivity contribution in [3.8, 4) is 5.75 Å². The number of imidazole rings is 1. The molecule has 1 aliphatic rings. The Hall–Kier alpha value is -1.70. The first-order valence-corrected chi connectivity index (χ1v) is 12.4. The molecule has 34 heavy (non-hydrogen) atoms. The monoisotopic (exact) mass is 528 g/mol. The summed E-state index contributed by atoms with van der Waals surface area (Å²) in [7, 11) is 0. The molecule has 0 saturated carbocycles. The van der Waals surface area contributed by atoms with Crippen molar-refractivity contribution in [1.29, 1.82) is 0 Å². The van der Waals surface area contributed by atoms with Gasteiger partial charge in [-0.05, 0) is 37.1 Å². The van der Waals surface area contributed by atoms with Crippen LogP contribution >= 0.6 is 34.8 Å². The second-order valence-corrected chi connectivity index (χ2v) is 10.8. The molecule has 3 atom stereocenters. The number of benzene rings is 1. The molecular formula is C25H31Cl3N2O4. The summed E-state index contributed by atoms with van der Waals surface area (Å²) in [4.78, 5) is 3.22. The van der Waals surface area contributed by atoms with Gasteiger partial charge in [-0.25, -0.2) is 4.98 Å². The Bertz CT molecular complexity index is 1020. The van der Waals surface area contributed by atoms with Crippen molar-refractivity contribution in [2.45, 2.75) is 56.2 Å². The fourth-order valence-corrected chi connectivity index (χ4v) is 4.37. The Kier molecular flexibility index (Phi) is 8.98. The first-order valence-electron chi connectivity index (χ1n) is 11.1. The van der Waals surface area contributed by atoms with Crippen LogP contribution in [-0.4, -0.2) is 55.9 Å². The van der Waals surface area contributed by atoms with E-state index in [1.807, 2.05) is 37.3 Å². The van der Waals surface area contributed by atoms with E-state index in [1.165, 1.54) is 0 Å². The van der Waals surface area contributed by atoms with Crippen LogP contribution in [-0.2, 0) is 16.7 Å². The third-order valence-corrected chi connectivity index (χ3v) is 6.92. The molecule has 0 radical (unpaired) electrons. The average molecular weight is 530 g/mol. The maximum absolute atomic E-state index is 10.2. The molecule has 1 unspecified atom stereocenters. The van der Waals surface area contributed by atoms with Gasteiger partial charge < -0.3 is 24.3 Å². The number of hydrogen-bond acceptors (Lipinski definition) is 5. The molecule has 2 aromatic rings. The lowest BCUT2D eigenvalue weighted by Crippen LogP contribution is -2.32. The van der Waals surface area contributed by atoms with Gasteiger partial charge in [0.1, 0.15) is 41.8 Å². The van der Waals surface area contributed by atoms with Crippen LogP contribution in [0, 0.1) is 0 Å². The molecule has 9 heteroatoms. The zero-order valence-electron chi connectivity index (χ0n) is 19.5. The molecule has 0 aliphatic heterocycles. The van der Waals surface area contributed by atoms with Crippen LogP contribution in [0.2, 0.25) is 5.02 Å². The number of rotatable bonds is 11. The van der Waals surface area contributed by atoms with Crippen molar-refractivity contribution in [3.63, 3.8) is 0 Å². The van der Waals surface area contributed by atoms with Gasteiger partial charge in [0.2, 0.25) is 0 Å². The second-order valence-electron chi connectivity index (χ2n) is 9.21. The number of halogens is 3. The molecule has 0 amide bonds. The summed E-state index contributed by atoms with van der Waals surface area (Å²) in [5.41, 5.74) is 1.78. The first kappa shape index (κ1) is 26.9. The smallest absolute Gasteiger partial charge is 0.138 e. The number of ether oxygens (including phenoxy) is 2. The Morgan fingerprint density at radius 3 is 2.53 bits per heavy atom. The van der Waals surface area contributed by atoms with E-state index in [9.17, 15) is 10.2 Å². The van der Waals surface area contributed by atoms with Gasteiger partial charge in [0.05, 0.1) is 23.8 Å². The largest absolute Gasteiger partial charge is 0.493 e. The summed E-state index contributed by atoms with van der Waals surface area (Å²) in [6.07, 6.45) is 8.09. The van der Waals surface area contributed by atoms with Crippen molar-refractivity contribution in [1.82, 2.24) is 9.55 Å². The van der Waals surface area contributed by atoms with Crippen LogP contribution in [0.25, 0.3) is 0 Å². The van der Waals surface area contributed by atoms with E-state index in [1.54, 1.807) is 23.3 Å². The minimum atomic E-state index is -0.744. The number of alkyl halides is 2. The van der Waals surface area contributed by atoms with Crippen molar-refractivity contribution >= 4 is 34.8 Å². The minimum Gasteiger partial charge on any atom is -0.493 e. The summed E-state index contributed by atoms with van der Waals surface area (Å²) in [5.74, 6) is 1.22. The molecule has 0 bridgehead atoms. The van der Waals surface area contributed by atoms with Gasteiger partial charge in [-0.2, -0.15) is 0 Å². The van der Waals surface area contributed by atoms with Crippen LogP contribution in [0.5, 0.6) is 5.75 Å². The van der Waals surface area contributed by atoms with Crippen LogP contribution in [0.1, 0.15) is 32.8 Å². The zero-order chi connectivity index (χ0) is 24.9. The fourth-order valence-electron chi connectivity index (χ4n) is 3.78. The highest BCUT2D eigenvalue weighted by atomic mass is 35.5. The Balaban J connectivity index is 1.69. The van der Waals surface area contributed by atoms with Crippen LogP contribution < -0.4 is 4.74 Å². The molecular weight excluding hydrogens is 499 g/mol. The average Bonchev–Trinajstić information content (AvgIpc) is 3.29. The van der Waals surface area contributed by atoms with E-state index in [4.69, 9.17) is 44.3 Å². The maximum atomic E-state index is 10.2. The minimum absolute atomic E-state index is 0.0955. The van der Waals surface area contributed by atoms with Crippen molar-refractivity contribution in [2.75, 3.05) is 19.1 Å². The summed E-state index contributed by atoms with van der Waals surface area (Å²) in [6, 6.07) is 5.69. The first-order chi connectivity index (χ1) is 16.0. The van der Waals surface area contributed by atoms with Crippen LogP contribution in [0.3, 0.4) is 0 Å². The van der Waals surface area contributed by atoms with Crippen LogP contribution in [0.4, 0.5) is 0 Å². The summed E-state index contributed by atoms with van der Waals surface area (Å²) >= 11 is 19.0. The third-order valence-electron chi connectivity index (χ3n) is 5.95. The third kappa shape index (κ3) is 6.70. The van der Waals surface area contributed by atoms with E-state index >= 15 is 0 Å². The quantitative estimate of drug-likeness (QED) is 0.397. The molecule has 1 aliphatic carbocycles. The highest BCUT2D eigenvalue weighted by molar-refractivity contribution is 6.32. The van der Waals surface area contributed by atoms with Gasteiger partial charge in [-0.15, -0.1) is 23.2 Å². The normalized spacial score (nSPS) is 20.4. The van der Waals surface area contributed by atoms with E-state index in [-0.39, 0.29) is 24.5 Å². The van der Waals surface area contributed by atoms with Gasteiger partial charge in [-0.3, -0.25) is 0 Å². The number of aromatic nitrogens is 2. The highest BCUT2D eigenvalue weighted by Gasteiger charge is 2.37. The predicted octanol–water partition coefficient (Wildman–Crippen LogP) is 5.08. The van der Waals surface area contributed by atoms with Crippen molar-refractivity contribution in [2.24, 2.45) is 0 Å². The van der Waals surface area contributed by atoms with E-state index in [0.717, 1.165) is 11.1 Å². The van der Waals surface area contributed by atoms with Crippen molar-refractivity contribution < 1.29 is 19.7 Å². The Morgan fingerprint density at radius 1 is 1.18 bits per heavy atom. The Labute approximate surface area is 215 Å². The number of hydrogen-bond donors (Lipinski definition) is 2. The highest BCUT2D eigenvalue weighted by Crippen LogP contribution is 2.44. The molecule has 0 fully saturated rings. The maximum Gasteiger partial charge on any atom is 0.138 e. The topological polar surface area (TPSA) is 76.7 Å². The molecule has 186 valence electrons. The predicted molar refractivity (Wildman–Crippen MR) is 136 cm³/mol. The Morgan fingerprint density at radius 2 is 1.91 bits per heavy atom. The van der Waals surface area contributed by atoms with E-state index in [0.29, 0.717) is 29.5 Å². The van der Waals surface area contributed by atoms with Gasteiger partial charge in [0.25, 0.3) is 0 Å².